The average molecular weight is 415 g/mol. The quantitative estimate of drug-likeness (QED) is 0.664. The van der Waals surface area contributed by atoms with Crippen molar-refractivity contribution in [3.63, 3.8) is 0 Å². The molecule has 1 heterocycles. The second kappa shape index (κ2) is 9.00. The first kappa shape index (κ1) is 20.6. The van der Waals surface area contributed by atoms with Gasteiger partial charge in [-0.05, 0) is 67.6 Å². The van der Waals surface area contributed by atoms with Gasteiger partial charge in [0, 0.05) is 30.9 Å². The van der Waals surface area contributed by atoms with Crippen LogP contribution in [-0.4, -0.2) is 29.9 Å². The Kier molecular flexibility index (Phi) is 5.98. The molecule has 0 saturated heterocycles. The lowest BCUT2D eigenvalue weighted by molar-refractivity contribution is 0.0931. The van der Waals surface area contributed by atoms with Crippen LogP contribution in [0.15, 0.2) is 60.8 Å². The van der Waals surface area contributed by atoms with Gasteiger partial charge in [-0.25, -0.2) is 0 Å². The van der Waals surface area contributed by atoms with E-state index in [0.717, 1.165) is 24.8 Å². The summed E-state index contributed by atoms with van der Waals surface area (Å²) >= 11 is 0. The Bertz CT molecular complexity index is 1110. The molecule has 2 N–H and O–H groups in total. The Morgan fingerprint density at radius 3 is 2.52 bits per heavy atom. The molecule has 0 aliphatic heterocycles. The molecule has 3 aromatic rings. The minimum absolute atomic E-state index is 0.0422. The number of pyridine rings is 1. The van der Waals surface area contributed by atoms with Crippen molar-refractivity contribution in [1.82, 2.24) is 15.6 Å². The number of nitrogens with zero attached hydrogens (tertiary/aromatic N) is 1. The maximum absolute atomic E-state index is 12.6. The Balaban J connectivity index is 1.45. The number of ether oxygens (including phenoxy) is 1. The topological polar surface area (TPSA) is 80.3 Å². The fourth-order valence-corrected chi connectivity index (χ4v) is 3.76. The highest BCUT2D eigenvalue weighted by atomic mass is 16.5. The molecule has 1 aliphatic carbocycles. The molecule has 4 rings (SSSR count). The second-order valence-corrected chi connectivity index (χ2v) is 7.77. The average Bonchev–Trinajstić information content (AvgIpc) is 2.79. The number of hydrogen-bond donors (Lipinski definition) is 2. The number of fused-ring (bicyclic) bond motifs is 1. The maximum Gasteiger partial charge on any atom is 0.269 e. The van der Waals surface area contributed by atoms with Crippen LogP contribution in [0, 0.1) is 6.92 Å². The number of rotatable bonds is 5. The van der Waals surface area contributed by atoms with E-state index in [-0.39, 0.29) is 17.9 Å². The minimum atomic E-state index is -0.261. The number of amides is 2. The summed E-state index contributed by atoms with van der Waals surface area (Å²) < 4.78 is 5.97. The maximum atomic E-state index is 12.6. The number of aryl methyl sites for hydroxylation is 2. The van der Waals surface area contributed by atoms with E-state index in [9.17, 15) is 9.59 Å². The van der Waals surface area contributed by atoms with Crippen molar-refractivity contribution >= 4 is 11.8 Å². The number of benzene rings is 2. The Hall–Kier alpha value is -3.67. The summed E-state index contributed by atoms with van der Waals surface area (Å²) in [5.74, 6) is 0.939. The van der Waals surface area contributed by atoms with Gasteiger partial charge in [0.15, 0.2) is 0 Å². The lowest BCUT2D eigenvalue weighted by atomic mass is 9.88. The van der Waals surface area contributed by atoms with E-state index in [4.69, 9.17) is 4.74 Å². The van der Waals surface area contributed by atoms with E-state index in [2.05, 4.69) is 21.7 Å². The van der Waals surface area contributed by atoms with Crippen LogP contribution < -0.4 is 15.4 Å². The molecular formula is C25H25N3O3. The van der Waals surface area contributed by atoms with E-state index in [1.165, 1.54) is 11.1 Å². The molecule has 31 heavy (non-hydrogen) atoms. The monoisotopic (exact) mass is 415 g/mol. The molecule has 1 atom stereocenters. The van der Waals surface area contributed by atoms with Crippen LogP contribution in [0.2, 0.25) is 0 Å². The molecule has 1 aromatic heterocycles. The SMILES string of the molecule is CNC(=O)c1cc(Oc2ccc3c(c2)CC(NC(=O)c2ccc(C)cc2)CC3)ccn1. The first-order valence-electron chi connectivity index (χ1n) is 10.4. The lowest BCUT2D eigenvalue weighted by Gasteiger charge is -2.26. The fraction of sp³-hybridized carbons (Fsp3) is 0.240. The van der Waals surface area contributed by atoms with E-state index in [1.54, 1.807) is 25.4 Å². The van der Waals surface area contributed by atoms with Gasteiger partial charge in [0.2, 0.25) is 0 Å². The summed E-state index contributed by atoms with van der Waals surface area (Å²) in [5, 5.41) is 5.72. The highest BCUT2D eigenvalue weighted by molar-refractivity contribution is 5.94. The van der Waals surface area contributed by atoms with Crippen LogP contribution in [0.3, 0.4) is 0 Å². The molecule has 2 aromatic carbocycles. The van der Waals surface area contributed by atoms with Gasteiger partial charge in [-0.1, -0.05) is 23.8 Å². The Labute approximate surface area is 181 Å². The third-order valence-corrected chi connectivity index (χ3v) is 5.48. The van der Waals surface area contributed by atoms with Crippen LogP contribution >= 0.6 is 0 Å². The lowest BCUT2D eigenvalue weighted by Crippen LogP contribution is -2.38. The summed E-state index contributed by atoms with van der Waals surface area (Å²) in [5.41, 5.74) is 4.55. The van der Waals surface area contributed by atoms with Crippen molar-refractivity contribution < 1.29 is 14.3 Å². The first-order chi connectivity index (χ1) is 15.0. The van der Waals surface area contributed by atoms with Crippen LogP contribution in [0.1, 0.15) is 44.0 Å². The van der Waals surface area contributed by atoms with Crippen molar-refractivity contribution in [1.29, 1.82) is 0 Å². The highest BCUT2D eigenvalue weighted by Crippen LogP contribution is 2.29. The van der Waals surface area contributed by atoms with Crippen molar-refractivity contribution in [2.75, 3.05) is 7.05 Å². The van der Waals surface area contributed by atoms with Gasteiger partial charge in [-0.2, -0.15) is 0 Å². The zero-order chi connectivity index (χ0) is 21.8. The van der Waals surface area contributed by atoms with Gasteiger partial charge in [0.1, 0.15) is 17.2 Å². The predicted octanol–water partition coefficient (Wildman–Crippen LogP) is 3.83. The number of carbonyl (C=O) groups is 2. The number of hydrogen-bond acceptors (Lipinski definition) is 4. The number of aromatic nitrogens is 1. The largest absolute Gasteiger partial charge is 0.457 e. The molecule has 2 amide bonds. The molecular weight excluding hydrogens is 390 g/mol. The Morgan fingerprint density at radius 1 is 0.968 bits per heavy atom. The van der Waals surface area contributed by atoms with E-state index < -0.39 is 0 Å². The normalized spacial score (nSPS) is 15.0. The Morgan fingerprint density at radius 2 is 1.74 bits per heavy atom. The summed E-state index contributed by atoms with van der Waals surface area (Å²) in [7, 11) is 1.56. The molecule has 0 radical (unpaired) electrons. The van der Waals surface area contributed by atoms with Gasteiger partial charge in [0.25, 0.3) is 11.8 Å². The summed E-state index contributed by atoms with van der Waals surface area (Å²) in [6, 6.07) is 17.0. The van der Waals surface area contributed by atoms with Gasteiger partial charge < -0.3 is 15.4 Å². The molecule has 1 unspecified atom stereocenters. The van der Waals surface area contributed by atoms with Crippen molar-refractivity contribution in [3.8, 4) is 11.5 Å². The molecule has 6 heteroatoms. The van der Waals surface area contributed by atoms with Crippen molar-refractivity contribution in [3.05, 3.63) is 88.7 Å². The first-order valence-corrected chi connectivity index (χ1v) is 10.4. The van der Waals surface area contributed by atoms with E-state index in [1.807, 2.05) is 43.3 Å². The van der Waals surface area contributed by atoms with Crippen LogP contribution in [0.25, 0.3) is 0 Å². The standard InChI is InChI=1S/C25H25N3O3/c1-16-3-5-18(6-4-16)24(29)28-20-9-7-17-8-10-21(14-19(17)13-20)31-22-11-12-27-23(15-22)25(30)26-2/h3-6,8,10-12,14-15,20H,7,9,13H2,1-2H3,(H,26,30)(H,28,29). The van der Waals surface area contributed by atoms with Gasteiger partial charge in [-0.3, -0.25) is 14.6 Å². The number of nitrogens with one attached hydrogen (secondary N) is 2. The summed E-state index contributed by atoms with van der Waals surface area (Å²) in [4.78, 5) is 28.4. The zero-order valence-electron chi connectivity index (χ0n) is 17.6. The minimum Gasteiger partial charge on any atom is -0.457 e. The van der Waals surface area contributed by atoms with Gasteiger partial charge >= 0.3 is 0 Å². The summed E-state index contributed by atoms with van der Waals surface area (Å²) in [6.45, 7) is 2.00. The molecule has 6 nitrogen and oxygen atoms in total. The molecule has 0 saturated carbocycles. The van der Waals surface area contributed by atoms with Gasteiger partial charge in [-0.15, -0.1) is 0 Å². The highest BCUT2D eigenvalue weighted by Gasteiger charge is 2.21. The molecule has 158 valence electrons. The zero-order valence-corrected chi connectivity index (χ0v) is 17.6. The van der Waals surface area contributed by atoms with Crippen molar-refractivity contribution in [2.45, 2.75) is 32.2 Å². The molecule has 1 aliphatic rings. The third-order valence-electron chi connectivity index (χ3n) is 5.48. The van der Waals surface area contributed by atoms with Crippen LogP contribution in [0.4, 0.5) is 0 Å². The fourth-order valence-electron chi connectivity index (χ4n) is 3.76. The van der Waals surface area contributed by atoms with Crippen molar-refractivity contribution in [2.24, 2.45) is 0 Å². The molecule has 0 bridgehead atoms. The summed E-state index contributed by atoms with van der Waals surface area (Å²) in [6.07, 6.45) is 4.12. The number of carbonyl (C=O) groups excluding carboxylic acids is 2. The molecule has 0 spiro atoms. The van der Waals surface area contributed by atoms with Gasteiger partial charge in [0.05, 0.1) is 0 Å². The van der Waals surface area contributed by atoms with Crippen LogP contribution in [0.5, 0.6) is 11.5 Å². The second-order valence-electron chi connectivity index (χ2n) is 7.77. The predicted molar refractivity (Wildman–Crippen MR) is 119 cm³/mol. The smallest absolute Gasteiger partial charge is 0.269 e. The van der Waals surface area contributed by atoms with E-state index in [0.29, 0.717) is 22.8 Å². The molecule has 0 fully saturated rings. The van der Waals surface area contributed by atoms with Crippen LogP contribution in [-0.2, 0) is 12.8 Å². The third kappa shape index (κ3) is 4.91. The van der Waals surface area contributed by atoms with E-state index >= 15 is 0 Å².